The lowest BCUT2D eigenvalue weighted by Gasteiger charge is -2.11. The van der Waals surface area contributed by atoms with Crippen molar-refractivity contribution >= 4 is 40.4 Å². The molecule has 2 aromatic carbocycles. The van der Waals surface area contributed by atoms with Gasteiger partial charge in [0.1, 0.15) is 12.4 Å². The minimum Gasteiger partial charge on any atom is -0.488 e. The Morgan fingerprint density at radius 1 is 1.13 bits per heavy atom. The van der Waals surface area contributed by atoms with Crippen LogP contribution >= 0.6 is 22.9 Å². The lowest BCUT2D eigenvalue weighted by molar-refractivity contribution is 0.0949. The fourth-order valence-electron chi connectivity index (χ4n) is 2.80. The van der Waals surface area contributed by atoms with Gasteiger partial charge in [-0.2, -0.15) is 0 Å². The molecule has 154 valence electrons. The van der Waals surface area contributed by atoms with Crippen molar-refractivity contribution in [3.63, 3.8) is 0 Å². The van der Waals surface area contributed by atoms with Crippen LogP contribution in [-0.2, 0) is 6.61 Å². The van der Waals surface area contributed by atoms with Crippen molar-refractivity contribution in [2.45, 2.75) is 32.4 Å². The normalized spacial score (nSPS) is 13.0. The fraction of sp³-hybridized carbons (Fsp3) is 0.227. The van der Waals surface area contributed by atoms with E-state index in [-0.39, 0.29) is 17.9 Å². The van der Waals surface area contributed by atoms with Gasteiger partial charge < -0.3 is 15.4 Å². The number of hydrogen-bond donors (Lipinski definition) is 2. The van der Waals surface area contributed by atoms with E-state index >= 15 is 0 Å². The Hall–Kier alpha value is -2.90. The molecule has 6 nitrogen and oxygen atoms in total. The number of nitrogens with one attached hydrogen (secondary N) is 2. The topological polar surface area (TPSA) is 80.3 Å². The summed E-state index contributed by atoms with van der Waals surface area (Å²) in [6, 6.07) is 12.5. The van der Waals surface area contributed by atoms with E-state index in [1.165, 1.54) is 11.3 Å². The van der Waals surface area contributed by atoms with Gasteiger partial charge in [-0.3, -0.25) is 9.59 Å². The summed E-state index contributed by atoms with van der Waals surface area (Å²) in [5.74, 6) is 0.279. The highest BCUT2D eigenvalue weighted by Gasteiger charge is 2.24. The number of amides is 2. The molecule has 4 rings (SSSR count). The summed E-state index contributed by atoms with van der Waals surface area (Å²) in [7, 11) is 0. The first kappa shape index (κ1) is 20.4. The third-order valence-corrected chi connectivity index (χ3v) is 5.77. The maximum Gasteiger partial charge on any atom is 0.255 e. The highest BCUT2D eigenvalue weighted by molar-refractivity contribution is 7.15. The molecule has 1 heterocycles. The number of nitrogens with zero attached hydrogens (tertiary/aromatic N) is 1. The summed E-state index contributed by atoms with van der Waals surface area (Å²) in [4.78, 5) is 29.8. The van der Waals surface area contributed by atoms with Gasteiger partial charge in [-0.1, -0.05) is 17.7 Å². The Labute approximate surface area is 183 Å². The summed E-state index contributed by atoms with van der Waals surface area (Å²) in [6.45, 7) is 2.26. The van der Waals surface area contributed by atoms with Crippen LogP contribution in [0.4, 0.5) is 5.69 Å². The van der Waals surface area contributed by atoms with Crippen molar-refractivity contribution in [1.82, 2.24) is 10.3 Å². The molecule has 0 bridgehead atoms. The zero-order valence-electron chi connectivity index (χ0n) is 16.3. The highest BCUT2D eigenvalue weighted by Crippen LogP contribution is 2.23. The van der Waals surface area contributed by atoms with Crippen LogP contribution in [0.5, 0.6) is 5.75 Å². The van der Waals surface area contributed by atoms with Gasteiger partial charge in [0.25, 0.3) is 11.8 Å². The largest absolute Gasteiger partial charge is 0.488 e. The monoisotopic (exact) mass is 441 g/mol. The molecule has 0 atom stereocenters. The van der Waals surface area contributed by atoms with E-state index in [1.807, 2.05) is 13.0 Å². The van der Waals surface area contributed by atoms with Crippen molar-refractivity contribution in [2.75, 3.05) is 5.32 Å². The lowest BCUT2D eigenvalue weighted by Crippen LogP contribution is -2.25. The summed E-state index contributed by atoms with van der Waals surface area (Å²) in [6.07, 6.45) is 3.73. The minimum atomic E-state index is -0.251. The summed E-state index contributed by atoms with van der Waals surface area (Å²) in [5, 5.41) is 5.85. The molecule has 2 N–H and O–H groups in total. The Morgan fingerprint density at radius 2 is 1.87 bits per heavy atom. The van der Waals surface area contributed by atoms with Crippen LogP contribution in [0.2, 0.25) is 4.47 Å². The van der Waals surface area contributed by atoms with Crippen LogP contribution in [0.15, 0.2) is 48.7 Å². The van der Waals surface area contributed by atoms with E-state index in [0.29, 0.717) is 33.6 Å². The number of rotatable bonds is 7. The SMILES string of the molecule is Cc1ccc(C(=O)NC2CC2)cc1NC(=O)c1ccc(OCc2cnc(Cl)s2)cc1. The van der Waals surface area contributed by atoms with Crippen LogP contribution in [0.3, 0.4) is 0 Å². The van der Waals surface area contributed by atoms with Crippen molar-refractivity contribution in [2.24, 2.45) is 0 Å². The second-order valence-electron chi connectivity index (χ2n) is 7.12. The van der Waals surface area contributed by atoms with Gasteiger partial charge in [-0.05, 0) is 61.7 Å². The molecule has 2 amide bonds. The van der Waals surface area contributed by atoms with Crippen molar-refractivity contribution in [1.29, 1.82) is 0 Å². The first-order valence-corrected chi connectivity index (χ1v) is 10.7. The molecule has 8 heteroatoms. The third kappa shape index (κ3) is 5.17. The summed E-state index contributed by atoms with van der Waals surface area (Å²) in [5.41, 5.74) is 2.53. The van der Waals surface area contributed by atoms with Gasteiger partial charge in [0.15, 0.2) is 4.47 Å². The van der Waals surface area contributed by atoms with Crippen LogP contribution in [0, 0.1) is 6.92 Å². The number of thiazole rings is 1. The number of hydrogen-bond acceptors (Lipinski definition) is 5. The molecule has 0 radical (unpaired) electrons. The molecule has 30 heavy (non-hydrogen) atoms. The number of carbonyl (C=O) groups is 2. The van der Waals surface area contributed by atoms with E-state index < -0.39 is 0 Å². The number of ether oxygens (including phenoxy) is 1. The first-order chi connectivity index (χ1) is 14.5. The van der Waals surface area contributed by atoms with Gasteiger partial charge in [0, 0.05) is 29.1 Å². The first-order valence-electron chi connectivity index (χ1n) is 9.54. The number of anilines is 1. The van der Waals surface area contributed by atoms with Crippen LogP contribution in [0.1, 0.15) is 44.0 Å². The molecule has 0 saturated heterocycles. The second-order valence-corrected chi connectivity index (χ2v) is 8.82. The van der Waals surface area contributed by atoms with Gasteiger partial charge >= 0.3 is 0 Å². The van der Waals surface area contributed by atoms with E-state index in [1.54, 1.807) is 42.6 Å². The van der Waals surface area contributed by atoms with Crippen molar-refractivity contribution in [3.8, 4) is 5.75 Å². The van der Waals surface area contributed by atoms with Crippen LogP contribution in [0.25, 0.3) is 0 Å². The molecule has 1 fully saturated rings. The number of carbonyl (C=O) groups excluding carboxylic acids is 2. The Bertz CT molecular complexity index is 1080. The van der Waals surface area contributed by atoms with E-state index in [9.17, 15) is 9.59 Å². The predicted octanol–water partition coefficient (Wildman–Crippen LogP) is 4.83. The molecule has 1 aliphatic rings. The molecule has 1 aliphatic carbocycles. The number of aromatic nitrogens is 1. The van der Waals surface area contributed by atoms with Crippen molar-refractivity contribution in [3.05, 3.63) is 74.7 Å². The molecular formula is C22H20ClN3O3S. The van der Waals surface area contributed by atoms with E-state index in [2.05, 4.69) is 15.6 Å². The van der Waals surface area contributed by atoms with Gasteiger partial charge in [-0.25, -0.2) is 4.98 Å². The van der Waals surface area contributed by atoms with Gasteiger partial charge in [0.2, 0.25) is 0 Å². The standard InChI is InChI=1S/C22H20ClN3O3S/c1-13-2-3-15(21(28)25-16-6-7-16)10-19(13)26-20(27)14-4-8-17(9-5-14)29-12-18-11-24-22(23)30-18/h2-5,8-11,16H,6-7,12H2,1H3,(H,25,28)(H,26,27). The van der Waals surface area contributed by atoms with Crippen molar-refractivity contribution < 1.29 is 14.3 Å². The molecular weight excluding hydrogens is 422 g/mol. The van der Waals surface area contributed by atoms with Gasteiger partial charge in [-0.15, -0.1) is 11.3 Å². The number of halogens is 1. The maximum absolute atomic E-state index is 12.7. The zero-order chi connectivity index (χ0) is 21.1. The smallest absolute Gasteiger partial charge is 0.255 e. The Balaban J connectivity index is 1.38. The van der Waals surface area contributed by atoms with Crippen LogP contribution in [-0.4, -0.2) is 22.8 Å². The maximum atomic E-state index is 12.7. The van der Waals surface area contributed by atoms with Gasteiger partial charge in [0.05, 0.1) is 4.88 Å². The molecule has 0 aliphatic heterocycles. The second kappa shape index (κ2) is 8.85. The van der Waals surface area contributed by atoms with E-state index in [0.717, 1.165) is 23.3 Å². The fourth-order valence-corrected chi connectivity index (χ4v) is 3.69. The predicted molar refractivity (Wildman–Crippen MR) is 118 cm³/mol. The average Bonchev–Trinajstić information content (AvgIpc) is 3.46. The molecule has 3 aromatic rings. The Kier molecular flexibility index (Phi) is 6.01. The lowest BCUT2D eigenvalue weighted by atomic mass is 10.1. The third-order valence-electron chi connectivity index (χ3n) is 4.68. The molecule has 1 aromatic heterocycles. The quantitative estimate of drug-likeness (QED) is 0.550. The Morgan fingerprint density at radius 3 is 2.53 bits per heavy atom. The molecule has 0 spiro atoms. The average molecular weight is 442 g/mol. The van der Waals surface area contributed by atoms with Crippen LogP contribution < -0.4 is 15.4 Å². The molecule has 0 unspecified atom stereocenters. The summed E-state index contributed by atoms with van der Waals surface area (Å²) < 4.78 is 6.17. The highest BCUT2D eigenvalue weighted by atomic mass is 35.5. The molecule has 1 saturated carbocycles. The summed E-state index contributed by atoms with van der Waals surface area (Å²) >= 11 is 7.18. The number of aryl methyl sites for hydroxylation is 1. The number of benzene rings is 2. The minimum absolute atomic E-state index is 0.114. The van der Waals surface area contributed by atoms with E-state index in [4.69, 9.17) is 16.3 Å². The zero-order valence-corrected chi connectivity index (χ0v) is 17.8.